The Bertz CT molecular complexity index is 423. The minimum atomic E-state index is -0.102. The summed E-state index contributed by atoms with van der Waals surface area (Å²) in [6.07, 6.45) is 3.00. The molecule has 0 radical (unpaired) electrons. The first kappa shape index (κ1) is 9.45. The van der Waals surface area contributed by atoms with Gasteiger partial charge in [0.15, 0.2) is 6.39 Å². The van der Waals surface area contributed by atoms with E-state index in [0.717, 1.165) is 5.69 Å². The second-order valence-electron chi connectivity index (χ2n) is 3.07. The second kappa shape index (κ2) is 4.41. The van der Waals surface area contributed by atoms with Crippen LogP contribution in [0.1, 0.15) is 5.69 Å². The van der Waals surface area contributed by atoms with E-state index in [4.69, 9.17) is 4.42 Å². The van der Waals surface area contributed by atoms with Gasteiger partial charge >= 0.3 is 0 Å². The molecule has 15 heavy (non-hydrogen) atoms. The van der Waals surface area contributed by atoms with Crippen LogP contribution in [0.3, 0.4) is 0 Å². The standard InChI is InChI=1S/C11H10N2O2/c14-11(6-10-7-15-8-12-10)13-9-4-2-1-3-5-9/h1-5,7-8H,6H2,(H,13,14). The molecule has 1 heterocycles. The summed E-state index contributed by atoms with van der Waals surface area (Å²) in [6.45, 7) is 0. The smallest absolute Gasteiger partial charge is 0.230 e. The van der Waals surface area contributed by atoms with Gasteiger partial charge in [0, 0.05) is 5.69 Å². The Labute approximate surface area is 86.9 Å². The molecule has 0 aliphatic heterocycles. The molecule has 0 fully saturated rings. The third kappa shape index (κ3) is 2.67. The van der Waals surface area contributed by atoms with Crippen LogP contribution in [0.25, 0.3) is 0 Å². The summed E-state index contributed by atoms with van der Waals surface area (Å²) in [5.74, 6) is -0.102. The van der Waals surface area contributed by atoms with Gasteiger partial charge in [-0.15, -0.1) is 0 Å². The number of hydrogen-bond acceptors (Lipinski definition) is 3. The number of aromatic nitrogens is 1. The fourth-order valence-electron chi connectivity index (χ4n) is 1.22. The Kier molecular flexibility index (Phi) is 2.78. The minimum absolute atomic E-state index is 0.102. The number of carbonyl (C=O) groups excluding carboxylic acids is 1. The second-order valence-corrected chi connectivity index (χ2v) is 3.07. The molecule has 2 rings (SSSR count). The number of benzene rings is 1. The monoisotopic (exact) mass is 202 g/mol. The van der Waals surface area contributed by atoms with Crippen molar-refractivity contribution in [2.24, 2.45) is 0 Å². The molecule has 2 aromatic rings. The van der Waals surface area contributed by atoms with Crippen LogP contribution in [0.4, 0.5) is 5.69 Å². The number of amides is 1. The maximum Gasteiger partial charge on any atom is 0.230 e. The molecular formula is C11H10N2O2. The summed E-state index contributed by atoms with van der Waals surface area (Å²) in [6, 6.07) is 9.30. The molecule has 1 N–H and O–H groups in total. The Morgan fingerprint density at radius 3 is 2.80 bits per heavy atom. The van der Waals surface area contributed by atoms with Crippen LogP contribution in [0.15, 0.2) is 47.4 Å². The predicted molar refractivity (Wildman–Crippen MR) is 55.3 cm³/mol. The van der Waals surface area contributed by atoms with Gasteiger partial charge in [-0.25, -0.2) is 4.98 Å². The van der Waals surface area contributed by atoms with Crippen LogP contribution in [-0.4, -0.2) is 10.9 Å². The lowest BCUT2D eigenvalue weighted by molar-refractivity contribution is -0.115. The van der Waals surface area contributed by atoms with Crippen molar-refractivity contribution in [1.29, 1.82) is 0 Å². The summed E-state index contributed by atoms with van der Waals surface area (Å²) in [5, 5.41) is 2.76. The van der Waals surface area contributed by atoms with Crippen LogP contribution < -0.4 is 5.32 Å². The van der Waals surface area contributed by atoms with Crippen LogP contribution >= 0.6 is 0 Å². The summed E-state index contributed by atoms with van der Waals surface area (Å²) in [5.41, 5.74) is 1.41. The molecule has 76 valence electrons. The zero-order valence-corrected chi connectivity index (χ0v) is 8.01. The number of nitrogens with zero attached hydrogens (tertiary/aromatic N) is 1. The minimum Gasteiger partial charge on any atom is -0.451 e. The van der Waals surface area contributed by atoms with E-state index < -0.39 is 0 Å². The zero-order valence-electron chi connectivity index (χ0n) is 8.01. The van der Waals surface area contributed by atoms with Crippen molar-refractivity contribution in [1.82, 2.24) is 4.98 Å². The fraction of sp³-hybridized carbons (Fsp3) is 0.0909. The first-order valence-electron chi connectivity index (χ1n) is 4.56. The fourth-order valence-corrected chi connectivity index (χ4v) is 1.22. The lowest BCUT2D eigenvalue weighted by Crippen LogP contribution is -2.14. The first-order valence-corrected chi connectivity index (χ1v) is 4.56. The van der Waals surface area contributed by atoms with Gasteiger partial charge in [-0.2, -0.15) is 0 Å². The Morgan fingerprint density at radius 2 is 2.13 bits per heavy atom. The van der Waals surface area contributed by atoms with Crippen LogP contribution in [-0.2, 0) is 11.2 Å². The highest BCUT2D eigenvalue weighted by Gasteiger charge is 2.05. The van der Waals surface area contributed by atoms with Crippen molar-refractivity contribution in [3.05, 3.63) is 48.7 Å². The highest BCUT2D eigenvalue weighted by atomic mass is 16.3. The molecule has 1 aromatic heterocycles. The molecule has 0 bridgehead atoms. The van der Waals surface area contributed by atoms with Gasteiger partial charge in [-0.1, -0.05) is 18.2 Å². The molecule has 0 unspecified atom stereocenters. The molecule has 0 aliphatic rings. The lowest BCUT2D eigenvalue weighted by atomic mass is 10.3. The van der Waals surface area contributed by atoms with Crippen molar-refractivity contribution >= 4 is 11.6 Å². The van der Waals surface area contributed by atoms with E-state index >= 15 is 0 Å². The van der Waals surface area contributed by atoms with Crippen molar-refractivity contribution in [3.63, 3.8) is 0 Å². The highest BCUT2D eigenvalue weighted by Crippen LogP contribution is 2.06. The van der Waals surface area contributed by atoms with Gasteiger partial charge in [-0.3, -0.25) is 4.79 Å². The third-order valence-electron chi connectivity index (χ3n) is 1.88. The molecule has 4 nitrogen and oxygen atoms in total. The zero-order chi connectivity index (χ0) is 10.5. The number of carbonyl (C=O) groups is 1. The molecule has 0 saturated carbocycles. The summed E-state index contributed by atoms with van der Waals surface area (Å²) < 4.78 is 4.77. The maximum atomic E-state index is 11.5. The van der Waals surface area contributed by atoms with Gasteiger partial charge in [0.1, 0.15) is 6.26 Å². The topological polar surface area (TPSA) is 55.1 Å². The van der Waals surface area contributed by atoms with Crippen molar-refractivity contribution < 1.29 is 9.21 Å². The SMILES string of the molecule is O=C(Cc1cocn1)Nc1ccccc1. The van der Waals surface area contributed by atoms with Crippen LogP contribution in [0.2, 0.25) is 0 Å². The number of rotatable bonds is 3. The van der Waals surface area contributed by atoms with Crippen molar-refractivity contribution in [3.8, 4) is 0 Å². The summed E-state index contributed by atoms with van der Waals surface area (Å²) in [4.78, 5) is 15.4. The summed E-state index contributed by atoms with van der Waals surface area (Å²) >= 11 is 0. The average Bonchev–Trinajstić information content (AvgIpc) is 2.71. The molecule has 1 amide bonds. The molecule has 1 aromatic carbocycles. The molecule has 0 saturated heterocycles. The Balaban J connectivity index is 1.94. The number of para-hydroxylation sites is 1. The molecule has 0 atom stereocenters. The quantitative estimate of drug-likeness (QED) is 0.826. The van der Waals surface area contributed by atoms with Gasteiger partial charge in [0.2, 0.25) is 5.91 Å². The average molecular weight is 202 g/mol. The van der Waals surface area contributed by atoms with Crippen LogP contribution in [0, 0.1) is 0 Å². The predicted octanol–water partition coefficient (Wildman–Crippen LogP) is 1.86. The van der Waals surface area contributed by atoms with E-state index in [9.17, 15) is 4.79 Å². The van der Waals surface area contributed by atoms with E-state index in [2.05, 4.69) is 10.3 Å². The van der Waals surface area contributed by atoms with Gasteiger partial charge < -0.3 is 9.73 Å². The normalized spacial score (nSPS) is 9.87. The van der Waals surface area contributed by atoms with Crippen molar-refractivity contribution in [2.75, 3.05) is 5.32 Å². The number of oxazole rings is 1. The lowest BCUT2D eigenvalue weighted by Gasteiger charge is -2.02. The maximum absolute atomic E-state index is 11.5. The van der Waals surface area contributed by atoms with E-state index in [1.807, 2.05) is 30.3 Å². The largest absolute Gasteiger partial charge is 0.451 e. The molecule has 4 heteroatoms. The summed E-state index contributed by atoms with van der Waals surface area (Å²) in [7, 11) is 0. The number of hydrogen-bond donors (Lipinski definition) is 1. The third-order valence-corrected chi connectivity index (χ3v) is 1.88. The molecule has 0 spiro atoms. The van der Waals surface area contributed by atoms with Gasteiger partial charge in [-0.05, 0) is 12.1 Å². The molecular weight excluding hydrogens is 192 g/mol. The first-order chi connectivity index (χ1) is 7.34. The van der Waals surface area contributed by atoms with Crippen LogP contribution in [0.5, 0.6) is 0 Å². The van der Waals surface area contributed by atoms with Crippen molar-refractivity contribution in [2.45, 2.75) is 6.42 Å². The highest BCUT2D eigenvalue weighted by molar-refractivity contribution is 5.91. The van der Waals surface area contributed by atoms with E-state index in [-0.39, 0.29) is 12.3 Å². The van der Waals surface area contributed by atoms with E-state index in [0.29, 0.717) is 5.69 Å². The van der Waals surface area contributed by atoms with E-state index in [1.54, 1.807) is 0 Å². The molecule has 0 aliphatic carbocycles. The van der Waals surface area contributed by atoms with Gasteiger partial charge in [0.05, 0.1) is 12.1 Å². The Morgan fingerprint density at radius 1 is 1.33 bits per heavy atom. The number of nitrogens with one attached hydrogen (secondary N) is 1. The van der Waals surface area contributed by atoms with Gasteiger partial charge in [0.25, 0.3) is 0 Å². The van der Waals surface area contributed by atoms with E-state index in [1.165, 1.54) is 12.7 Å². The Hall–Kier alpha value is -2.10. The number of anilines is 1.